The van der Waals surface area contributed by atoms with Crippen LogP contribution in [0.25, 0.3) is 16.9 Å². The number of benzene rings is 1. The maximum atomic E-state index is 15.2. The molecule has 1 N–H and O–H groups in total. The number of phenols is 1. The minimum atomic E-state index is -1.09. The van der Waals surface area contributed by atoms with Crippen LogP contribution in [0.5, 0.6) is 11.6 Å². The SMILES string of the molecule is Cc1nnn(-c2ccc(-c3ccc(O[C@@H]4CC5CC[C@@](C)([C@H]4F)N5C)nn3)c(O)c2)n1. The summed E-state index contributed by atoms with van der Waals surface area (Å²) < 4.78 is 21.1. The summed E-state index contributed by atoms with van der Waals surface area (Å²) in [5.41, 5.74) is 1.07. The molecule has 0 spiro atoms. The lowest BCUT2D eigenvalue weighted by atomic mass is 9.87. The number of tetrazole rings is 1. The first kappa shape index (κ1) is 19.8. The van der Waals surface area contributed by atoms with Gasteiger partial charge in [-0.2, -0.15) is 0 Å². The summed E-state index contributed by atoms with van der Waals surface area (Å²) in [5, 5.41) is 30.6. The first-order chi connectivity index (χ1) is 14.8. The van der Waals surface area contributed by atoms with Crippen molar-refractivity contribution in [1.82, 2.24) is 35.3 Å². The van der Waals surface area contributed by atoms with Crippen LogP contribution in [-0.4, -0.2) is 71.3 Å². The number of ether oxygens (including phenoxy) is 1. The van der Waals surface area contributed by atoms with Crippen molar-refractivity contribution in [2.24, 2.45) is 0 Å². The average molecular weight is 425 g/mol. The third-order valence-corrected chi connectivity index (χ3v) is 6.68. The van der Waals surface area contributed by atoms with E-state index in [1.165, 1.54) is 10.9 Å². The summed E-state index contributed by atoms with van der Waals surface area (Å²) in [7, 11) is 1.99. The van der Waals surface area contributed by atoms with Gasteiger partial charge < -0.3 is 9.84 Å². The van der Waals surface area contributed by atoms with Crippen molar-refractivity contribution in [2.45, 2.75) is 57.0 Å². The van der Waals surface area contributed by atoms with Gasteiger partial charge in [0, 0.05) is 30.2 Å². The van der Waals surface area contributed by atoms with Gasteiger partial charge in [0.05, 0.1) is 16.9 Å². The van der Waals surface area contributed by atoms with Gasteiger partial charge in [0.15, 0.2) is 12.0 Å². The Labute approximate surface area is 178 Å². The minimum Gasteiger partial charge on any atom is -0.507 e. The normalized spacial score (nSPS) is 28.1. The van der Waals surface area contributed by atoms with Gasteiger partial charge in [0.1, 0.15) is 11.9 Å². The maximum Gasteiger partial charge on any atom is 0.233 e. The Bertz CT molecular complexity index is 1110. The Hall–Kier alpha value is -3.14. The zero-order valence-electron chi connectivity index (χ0n) is 17.6. The van der Waals surface area contributed by atoms with Crippen molar-refractivity contribution >= 4 is 0 Å². The van der Waals surface area contributed by atoms with Gasteiger partial charge in [-0.1, -0.05) is 0 Å². The van der Waals surface area contributed by atoms with Gasteiger partial charge in [-0.25, -0.2) is 4.39 Å². The van der Waals surface area contributed by atoms with Crippen LogP contribution in [0.15, 0.2) is 30.3 Å². The lowest BCUT2D eigenvalue weighted by Crippen LogP contribution is -2.60. The molecule has 31 heavy (non-hydrogen) atoms. The molecular weight excluding hydrogens is 401 g/mol. The van der Waals surface area contributed by atoms with E-state index in [2.05, 4.69) is 30.5 Å². The summed E-state index contributed by atoms with van der Waals surface area (Å²) in [6, 6.07) is 8.69. The molecule has 162 valence electrons. The van der Waals surface area contributed by atoms with E-state index in [0.717, 1.165) is 12.8 Å². The van der Waals surface area contributed by atoms with Crippen LogP contribution < -0.4 is 4.74 Å². The largest absolute Gasteiger partial charge is 0.507 e. The van der Waals surface area contributed by atoms with E-state index < -0.39 is 17.8 Å². The quantitative estimate of drug-likeness (QED) is 0.680. The first-order valence-electron chi connectivity index (χ1n) is 10.3. The predicted molar refractivity (Wildman–Crippen MR) is 110 cm³/mol. The highest BCUT2D eigenvalue weighted by atomic mass is 19.1. The molecule has 2 aliphatic heterocycles. The smallest absolute Gasteiger partial charge is 0.233 e. The minimum absolute atomic E-state index is 0.0130. The zero-order valence-corrected chi connectivity index (χ0v) is 17.6. The second kappa shape index (κ2) is 7.23. The lowest BCUT2D eigenvalue weighted by Gasteiger charge is -2.45. The molecule has 9 nitrogen and oxygen atoms in total. The standard InChI is InChI=1S/C21H24FN7O2/c1-12-23-27-29(26-12)14-4-5-15(17(30)10-14)16-6-7-19(25-24-16)31-18-11-13-8-9-21(2,20(18)22)28(13)3/h4-7,10,13,18,20,30H,8-9,11H2,1-3H3/t13?,18-,20+,21+/m1/s1. The van der Waals surface area contributed by atoms with Crippen molar-refractivity contribution in [2.75, 3.05) is 7.05 Å². The number of alkyl halides is 1. The number of aryl methyl sites for hydroxylation is 1. The van der Waals surface area contributed by atoms with Crippen molar-refractivity contribution in [3.63, 3.8) is 0 Å². The Kier molecular flexibility index (Phi) is 4.62. The molecule has 0 radical (unpaired) electrons. The Morgan fingerprint density at radius 3 is 2.71 bits per heavy atom. The Balaban J connectivity index is 1.33. The number of halogens is 1. The molecule has 4 heterocycles. The van der Waals surface area contributed by atoms with Crippen LogP contribution in [0.4, 0.5) is 4.39 Å². The second-order valence-corrected chi connectivity index (χ2v) is 8.54. The fraction of sp³-hybridized carbons (Fsp3) is 0.476. The number of piperidine rings is 1. The van der Waals surface area contributed by atoms with E-state index in [-0.39, 0.29) is 11.6 Å². The molecule has 3 aromatic rings. The highest BCUT2D eigenvalue weighted by Gasteiger charge is 2.55. The zero-order chi connectivity index (χ0) is 21.8. The number of aromatic nitrogens is 6. The van der Waals surface area contributed by atoms with Crippen LogP contribution in [0.2, 0.25) is 0 Å². The highest BCUT2D eigenvalue weighted by molar-refractivity contribution is 5.68. The molecule has 0 saturated carbocycles. The summed E-state index contributed by atoms with van der Waals surface area (Å²) in [6.07, 6.45) is 0.813. The van der Waals surface area contributed by atoms with Gasteiger partial charge >= 0.3 is 0 Å². The lowest BCUT2D eigenvalue weighted by molar-refractivity contribution is -0.0596. The van der Waals surface area contributed by atoms with E-state index in [4.69, 9.17) is 4.74 Å². The van der Waals surface area contributed by atoms with E-state index in [0.29, 0.717) is 35.2 Å². The van der Waals surface area contributed by atoms with Crippen LogP contribution in [0, 0.1) is 6.92 Å². The number of hydrogen-bond donors (Lipinski definition) is 1. The molecule has 2 aliphatic rings. The van der Waals surface area contributed by atoms with E-state index in [1.807, 2.05) is 14.0 Å². The van der Waals surface area contributed by atoms with E-state index >= 15 is 4.39 Å². The van der Waals surface area contributed by atoms with Crippen molar-refractivity contribution < 1.29 is 14.2 Å². The summed E-state index contributed by atoms with van der Waals surface area (Å²) >= 11 is 0. The van der Waals surface area contributed by atoms with Crippen molar-refractivity contribution in [3.05, 3.63) is 36.2 Å². The monoisotopic (exact) mass is 425 g/mol. The topological polar surface area (TPSA) is 102 Å². The predicted octanol–water partition coefficient (Wildman–Crippen LogP) is 2.48. The summed E-state index contributed by atoms with van der Waals surface area (Å²) in [6.45, 7) is 3.70. The molecule has 2 fully saturated rings. The van der Waals surface area contributed by atoms with Gasteiger partial charge in [-0.05, 0) is 57.1 Å². The molecule has 10 heteroatoms. The summed E-state index contributed by atoms with van der Waals surface area (Å²) in [4.78, 5) is 3.49. The Morgan fingerprint density at radius 2 is 2.03 bits per heavy atom. The first-order valence-corrected chi connectivity index (χ1v) is 10.3. The molecule has 4 atom stereocenters. The van der Waals surface area contributed by atoms with Gasteiger partial charge in [0.25, 0.3) is 0 Å². The molecule has 1 unspecified atom stereocenters. The second-order valence-electron chi connectivity index (χ2n) is 8.54. The van der Waals surface area contributed by atoms with Crippen LogP contribution in [0.3, 0.4) is 0 Å². The third-order valence-electron chi connectivity index (χ3n) is 6.68. The van der Waals surface area contributed by atoms with Crippen LogP contribution >= 0.6 is 0 Å². The number of hydrogen-bond acceptors (Lipinski definition) is 8. The van der Waals surface area contributed by atoms with Crippen molar-refractivity contribution in [3.8, 4) is 28.6 Å². The molecule has 0 amide bonds. The van der Waals surface area contributed by atoms with Gasteiger partial charge in [0.2, 0.25) is 5.88 Å². The number of nitrogens with zero attached hydrogens (tertiary/aromatic N) is 7. The number of phenolic OH excluding ortho intramolecular Hbond substituents is 1. The molecule has 2 saturated heterocycles. The molecular formula is C21H24FN7O2. The third kappa shape index (κ3) is 3.31. The average Bonchev–Trinajstić information content (AvgIpc) is 3.28. The van der Waals surface area contributed by atoms with E-state index in [1.54, 1.807) is 31.2 Å². The van der Waals surface area contributed by atoms with Crippen molar-refractivity contribution in [1.29, 1.82) is 0 Å². The van der Waals surface area contributed by atoms with Gasteiger partial charge in [-0.3, -0.25) is 4.90 Å². The van der Waals surface area contributed by atoms with Gasteiger partial charge in [-0.15, -0.1) is 25.2 Å². The molecule has 1 aromatic carbocycles. The number of rotatable bonds is 4. The maximum absolute atomic E-state index is 15.2. The Morgan fingerprint density at radius 1 is 1.19 bits per heavy atom. The fourth-order valence-corrected chi connectivity index (χ4v) is 4.69. The molecule has 2 aromatic heterocycles. The highest BCUT2D eigenvalue weighted by Crippen LogP contribution is 2.45. The van der Waals surface area contributed by atoms with E-state index in [9.17, 15) is 5.11 Å². The summed E-state index contributed by atoms with van der Waals surface area (Å²) in [5.74, 6) is 0.827. The van der Waals surface area contributed by atoms with Crippen LogP contribution in [0.1, 0.15) is 32.0 Å². The molecule has 5 rings (SSSR count). The van der Waals surface area contributed by atoms with Crippen LogP contribution in [-0.2, 0) is 0 Å². The number of aromatic hydroxyl groups is 1. The fourth-order valence-electron chi connectivity index (χ4n) is 4.69. The molecule has 2 bridgehead atoms. The molecule has 0 aliphatic carbocycles. The number of fused-ring (bicyclic) bond motifs is 2.